The smallest absolute Gasteiger partial charge is 0.319 e. The van der Waals surface area contributed by atoms with Crippen LogP contribution in [0.1, 0.15) is 18.5 Å². The zero-order chi connectivity index (χ0) is 19.3. The lowest BCUT2D eigenvalue weighted by Gasteiger charge is -2.36. The molecule has 1 heterocycles. The minimum Gasteiger partial charge on any atom is -0.497 e. The molecule has 0 saturated carbocycles. The van der Waals surface area contributed by atoms with E-state index < -0.39 is 0 Å². The molecule has 8 nitrogen and oxygen atoms in total. The van der Waals surface area contributed by atoms with E-state index in [0.717, 1.165) is 5.56 Å². The van der Waals surface area contributed by atoms with E-state index in [-0.39, 0.29) is 18.1 Å². The lowest BCUT2D eigenvalue weighted by atomic mass is 10.1. The van der Waals surface area contributed by atoms with Gasteiger partial charge >= 0.3 is 12.1 Å². The Morgan fingerprint density at radius 2 is 1.69 bits per heavy atom. The number of nitrogens with one attached hydrogen (secondary N) is 1. The Balaban J connectivity index is 1.97. The third-order valence-corrected chi connectivity index (χ3v) is 4.46. The Morgan fingerprint density at radius 1 is 1.08 bits per heavy atom. The van der Waals surface area contributed by atoms with Crippen LogP contribution in [0, 0.1) is 0 Å². The molecule has 144 valence electrons. The van der Waals surface area contributed by atoms with Gasteiger partial charge in [0.1, 0.15) is 11.5 Å². The predicted octanol–water partition coefficient (Wildman–Crippen LogP) is 1.77. The first-order chi connectivity index (χ1) is 12.4. The van der Waals surface area contributed by atoms with Gasteiger partial charge in [-0.3, -0.25) is 0 Å². The van der Waals surface area contributed by atoms with Crippen LogP contribution in [-0.4, -0.2) is 81.3 Å². The first kappa shape index (κ1) is 19.7. The summed E-state index contributed by atoms with van der Waals surface area (Å²) in [5.41, 5.74) is 0.849. The van der Waals surface area contributed by atoms with Gasteiger partial charge in [-0.05, 0) is 25.1 Å². The monoisotopic (exact) mass is 364 g/mol. The maximum Gasteiger partial charge on any atom is 0.319 e. The number of ether oxygens (including phenoxy) is 2. The third kappa shape index (κ3) is 4.50. The van der Waals surface area contributed by atoms with Gasteiger partial charge in [0, 0.05) is 45.8 Å². The van der Waals surface area contributed by atoms with Crippen molar-refractivity contribution < 1.29 is 19.1 Å². The largest absolute Gasteiger partial charge is 0.497 e. The third-order valence-electron chi connectivity index (χ3n) is 4.46. The molecule has 1 aromatic rings. The molecule has 1 fully saturated rings. The van der Waals surface area contributed by atoms with Gasteiger partial charge in [-0.15, -0.1) is 0 Å². The number of nitrogens with zero attached hydrogens (tertiary/aromatic N) is 3. The van der Waals surface area contributed by atoms with Crippen LogP contribution in [0.25, 0.3) is 0 Å². The molecule has 0 bridgehead atoms. The molecule has 1 aliphatic rings. The van der Waals surface area contributed by atoms with Crippen LogP contribution in [0.4, 0.5) is 9.59 Å². The molecule has 1 aliphatic heterocycles. The Bertz CT molecular complexity index is 642. The number of hydrogen-bond acceptors (Lipinski definition) is 4. The number of rotatable bonds is 4. The number of piperazine rings is 1. The molecule has 1 atom stereocenters. The highest BCUT2D eigenvalue weighted by atomic mass is 16.5. The maximum absolute atomic E-state index is 12.6. The highest BCUT2D eigenvalue weighted by Crippen LogP contribution is 2.29. The van der Waals surface area contributed by atoms with E-state index in [0.29, 0.717) is 37.7 Å². The second-order valence-corrected chi connectivity index (χ2v) is 6.43. The fourth-order valence-corrected chi connectivity index (χ4v) is 2.92. The predicted molar refractivity (Wildman–Crippen MR) is 98.7 cm³/mol. The summed E-state index contributed by atoms with van der Waals surface area (Å²) in [5, 5.41) is 3.00. The second kappa shape index (κ2) is 8.64. The van der Waals surface area contributed by atoms with Crippen LogP contribution in [0.2, 0.25) is 0 Å². The number of carbonyl (C=O) groups excluding carboxylic acids is 2. The number of urea groups is 2. The molecule has 0 spiro atoms. The molecule has 2 rings (SSSR count). The molecule has 1 saturated heterocycles. The number of benzene rings is 1. The van der Waals surface area contributed by atoms with E-state index >= 15 is 0 Å². The summed E-state index contributed by atoms with van der Waals surface area (Å²) in [6.45, 7) is 3.98. The summed E-state index contributed by atoms with van der Waals surface area (Å²) in [7, 11) is 6.65. The summed E-state index contributed by atoms with van der Waals surface area (Å²) in [5.74, 6) is 1.40. The molecule has 8 heteroatoms. The van der Waals surface area contributed by atoms with Gasteiger partial charge in [-0.25, -0.2) is 9.59 Å². The highest BCUT2D eigenvalue weighted by molar-refractivity contribution is 5.76. The zero-order valence-electron chi connectivity index (χ0n) is 16.1. The van der Waals surface area contributed by atoms with Crippen molar-refractivity contribution in [3.05, 3.63) is 23.8 Å². The van der Waals surface area contributed by atoms with Crippen molar-refractivity contribution in [3.8, 4) is 11.5 Å². The molecule has 1 N–H and O–H groups in total. The fraction of sp³-hybridized carbons (Fsp3) is 0.556. The van der Waals surface area contributed by atoms with Crippen molar-refractivity contribution in [2.75, 3.05) is 54.5 Å². The minimum absolute atomic E-state index is 0.0282. The van der Waals surface area contributed by atoms with Gasteiger partial charge in [0.25, 0.3) is 0 Å². The number of methoxy groups -OCH3 is 2. The van der Waals surface area contributed by atoms with E-state index in [9.17, 15) is 9.59 Å². The Labute approximate surface area is 154 Å². The Morgan fingerprint density at radius 3 is 2.23 bits per heavy atom. The van der Waals surface area contributed by atoms with Gasteiger partial charge in [0.05, 0.1) is 20.3 Å². The Kier molecular flexibility index (Phi) is 6.54. The maximum atomic E-state index is 12.6. The van der Waals surface area contributed by atoms with E-state index in [1.165, 1.54) is 0 Å². The lowest BCUT2D eigenvalue weighted by molar-refractivity contribution is 0.128. The summed E-state index contributed by atoms with van der Waals surface area (Å²) in [6, 6.07) is 5.07. The van der Waals surface area contributed by atoms with E-state index in [1.54, 1.807) is 43.0 Å². The molecule has 0 aromatic heterocycles. The standard InChI is InChI=1S/C18H28N4O4/c1-13(15-12-14(25-4)6-7-16(15)26-5)19-17(23)21-8-10-22(11-9-21)18(24)20(2)3/h6-7,12-13H,8-11H2,1-5H3,(H,19,23). The quantitative estimate of drug-likeness (QED) is 0.884. The van der Waals surface area contributed by atoms with Crippen molar-refractivity contribution in [2.24, 2.45) is 0 Å². The summed E-state index contributed by atoms with van der Waals surface area (Å²) in [6.07, 6.45) is 0. The highest BCUT2D eigenvalue weighted by Gasteiger charge is 2.26. The van der Waals surface area contributed by atoms with Crippen LogP contribution in [0.5, 0.6) is 11.5 Å². The first-order valence-corrected chi connectivity index (χ1v) is 8.61. The SMILES string of the molecule is COc1ccc(OC)c(C(C)NC(=O)N2CCN(C(=O)N(C)C)CC2)c1. The van der Waals surface area contributed by atoms with Crippen LogP contribution in [0.3, 0.4) is 0 Å². The fourth-order valence-electron chi connectivity index (χ4n) is 2.92. The zero-order valence-corrected chi connectivity index (χ0v) is 16.1. The topological polar surface area (TPSA) is 74.4 Å². The molecule has 1 unspecified atom stereocenters. The molecular formula is C18H28N4O4. The van der Waals surface area contributed by atoms with Crippen molar-refractivity contribution >= 4 is 12.1 Å². The second-order valence-electron chi connectivity index (χ2n) is 6.43. The van der Waals surface area contributed by atoms with Crippen molar-refractivity contribution in [3.63, 3.8) is 0 Å². The molecule has 4 amide bonds. The number of carbonyl (C=O) groups is 2. The minimum atomic E-state index is -0.242. The van der Waals surface area contributed by atoms with Gasteiger partial charge < -0.3 is 29.5 Å². The summed E-state index contributed by atoms with van der Waals surface area (Å²) in [4.78, 5) is 29.6. The Hall–Kier alpha value is -2.64. The lowest BCUT2D eigenvalue weighted by Crippen LogP contribution is -2.55. The molecular weight excluding hydrogens is 336 g/mol. The van der Waals surface area contributed by atoms with Gasteiger partial charge in [0.2, 0.25) is 0 Å². The van der Waals surface area contributed by atoms with Gasteiger partial charge in [-0.2, -0.15) is 0 Å². The van der Waals surface area contributed by atoms with Crippen molar-refractivity contribution in [2.45, 2.75) is 13.0 Å². The normalized spacial score (nSPS) is 15.3. The summed E-state index contributed by atoms with van der Waals surface area (Å²) >= 11 is 0. The molecule has 1 aromatic carbocycles. The average Bonchev–Trinajstić information content (AvgIpc) is 2.66. The summed E-state index contributed by atoms with van der Waals surface area (Å²) < 4.78 is 10.6. The van der Waals surface area contributed by atoms with Crippen molar-refractivity contribution in [1.82, 2.24) is 20.0 Å². The van der Waals surface area contributed by atoms with Crippen LogP contribution in [-0.2, 0) is 0 Å². The van der Waals surface area contributed by atoms with E-state index in [1.807, 2.05) is 25.1 Å². The van der Waals surface area contributed by atoms with Crippen molar-refractivity contribution in [1.29, 1.82) is 0 Å². The molecule has 26 heavy (non-hydrogen) atoms. The van der Waals surface area contributed by atoms with Crippen LogP contribution >= 0.6 is 0 Å². The number of hydrogen-bond donors (Lipinski definition) is 1. The average molecular weight is 364 g/mol. The van der Waals surface area contributed by atoms with E-state index in [4.69, 9.17) is 9.47 Å². The van der Waals surface area contributed by atoms with Gasteiger partial charge in [-0.1, -0.05) is 0 Å². The van der Waals surface area contributed by atoms with Crippen LogP contribution < -0.4 is 14.8 Å². The van der Waals surface area contributed by atoms with E-state index in [2.05, 4.69) is 5.32 Å². The van der Waals surface area contributed by atoms with Gasteiger partial charge in [0.15, 0.2) is 0 Å². The van der Waals surface area contributed by atoms with Crippen LogP contribution in [0.15, 0.2) is 18.2 Å². The first-order valence-electron chi connectivity index (χ1n) is 8.61. The molecule has 0 aliphatic carbocycles. The number of amides is 4. The molecule has 0 radical (unpaired) electrons.